The molecule has 0 spiro atoms. The molecule has 2 aromatic carbocycles. The number of rotatable bonds is 5. The van der Waals surface area contributed by atoms with E-state index in [-0.39, 0.29) is 17.2 Å². The minimum atomic E-state index is -0.0212. The third kappa shape index (κ3) is 3.06. The highest BCUT2D eigenvalue weighted by molar-refractivity contribution is 8.00. The first-order valence-corrected chi connectivity index (χ1v) is 9.17. The molecule has 2 atom stereocenters. The number of thioether (sulfide) groups is 1. The summed E-state index contributed by atoms with van der Waals surface area (Å²) >= 11 is 1.62. The van der Waals surface area contributed by atoms with Crippen LogP contribution in [-0.4, -0.2) is 30.6 Å². The normalized spacial score (nSPS) is 20.7. The van der Waals surface area contributed by atoms with Crippen LogP contribution in [0.1, 0.15) is 12.5 Å². The SMILES string of the molecule is COc1ccc(N2C(=O)[C@H](SC)[C@H]2/C(C)=C/c2ccccc2)cc1. The third-order valence-electron chi connectivity index (χ3n) is 4.31. The summed E-state index contributed by atoms with van der Waals surface area (Å²) in [6.07, 6.45) is 4.16. The molecule has 1 aliphatic rings. The van der Waals surface area contributed by atoms with Crippen LogP contribution in [0.15, 0.2) is 60.2 Å². The van der Waals surface area contributed by atoms with Gasteiger partial charge >= 0.3 is 0 Å². The van der Waals surface area contributed by atoms with E-state index in [1.54, 1.807) is 18.9 Å². The summed E-state index contributed by atoms with van der Waals surface area (Å²) in [7, 11) is 1.64. The van der Waals surface area contributed by atoms with Crippen molar-refractivity contribution in [1.29, 1.82) is 0 Å². The molecule has 24 heavy (non-hydrogen) atoms. The van der Waals surface area contributed by atoms with E-state index in [4.69, 9.17) is 4.74 Å². The van der Waals surface area contributed by atoms with E-state index in [2.05, 4.69) is 25.1 Å². The number of carbonyl (C=O) groups excluding carboxylic acids is 1. The molecule has 4 heteroatoms. The Kier molecular flexibility index (Phi) is 4.95. The van der Waals surface area contributed by atoms with Crippen molar-refractivity contribution >= 4 is 29.4 Å². The van der Waals surface area contributed by atoms with Gasteiger partial charge in [-0.05, 0) is 48.6 Å². The Morgan fingerprint density at radius 2 is 1.79 bits per heavy atom. The van der Waals surface area contributed by atoms with Gasteiger partial charge in [0.2, 0.25) is 5.91 Å². The van der Waals surface area contributed by atoms with Gasteiger partial charge in [0.1, 0.15) is 11.0 Å². The number of benzene rings is 2. The van der Waals surface area contributed by atoms with Gasteiger partial charge in [-0.3, -0.25) is 4.79 Å². The lowest BCUT2D eigenvalue weighted by Crippen LogP contribution is -2.64. The van der Waals surface area contributed by atoms with E-state index < -0.39 is 0 Å². The van der Waals surface area contributed by atoms with Crippen LogP contribution in [0.2, 0.25) is 0 Å². The molecular weight excluding hydrogens is 318 g/mol. The Hall–Kier alpha value is -2.20. The van der Waals surface area contributed by atoms with Crippen molar-refractivity contribution in [1.82, 2.24) is 0 Å². The van der Waals surface area contributed by atoms with Crippen LogP contribution < -0.4 is 9.64 Å². The van der Waals surface area contributed by atoms with Crippen molar-refractivity contribution in [3.05, 3.63) is 65.7 Å². The summed E-state index contributed by atoms with van der Waals surface area (Å²) in [5.74, 6) is 0.958. The standard InChI is InChI=1S/C20H21NO2S/c1-14(13-15-7-5-4-6-8-15)18-19(24-3)20(22)21(18)16-9-11-17(23-2)12-10-16/h4-13,18-19H,1-3H3/b14-13+/t18-,19-/m1/s1. The van der Waals surface area contributed by atoms with Crippen LogP contribution in [0.3, 0.4) is 0 Å². The van der Waals surface area contributed by atoms with Crippen molar-refractivity contribution < 1.29 is 9.53 Å². The zero-order valence-corrected chi connectivity index (χ0v) is 14.9. The zero-order valence-electron chi connectivity index (χ0n) is 14.1. The molecule has 1 amide bonds. The van der Waals surface area contributed by atoms with E-state index in [0.29, 0.717) is 0 Å². The van der Waals surface area contributed by atoms with E-state index >= 15 is 0 Å². The second kappa shape index (κ2) is 7.14. The van der Waals surface area contributed by atoms with Crippen molar-refractivity contribution in [2.45, 2.75) is 18.2 Å². The Morgan fingerprint density at radius 3 is 2.38 bits per heavy atom. The number of methoxy groups -OCH3 is 1. The van der Waals surface area contributed by atoms with Gasteiger partial charge < -0.3 is 9.64 Å². The van der Waals surface area contributed by atoms with Crippen LogP contribution >= 0.6 is 11.8 Å². The molecule has 0 unspecified atom stereocenters. The lowest BCUT2D eigenvalue weighted by atomic mass is 9.91. The fraction of sp³-hybridized carbons (Fsp3) is 0.250. The predicted octanol–water partition coefficient (Wildman–Crippen LogP) is 4.25. The van der Waals surface area contributed by atoms with E-state index in [1.165, 1.54) is 5.57 Å². The maximum Gasteiger partial charge on any atom is 0.243 e. The number of nitrogens with zero attached hydrogens (tertiary/aromatic N) is 1. The lowest BCUT2D eigenvalue weighted by Gasteiger charge is -2.47. The van der Waals surface area contributed by atoms with Crippen LogP contribution in [0.5, 0.6) is 5.75 Å². The monoisotopic (exact) mass is 339 g/mol. The number of hydrogen-bond donors (Lipinski definition) is 0. The van der Waals surface area contributed by atoms with Gasteiger partial charge in [-0.25, -0.2) is 0 Å². The fourth-order valence-electron chi connectivity index (χ4n) is 3.06. The Bertz CT molecular complexity index is 740. The number of anilines is 1. The molecular formula is C20H21NO2S. The third-order valence-corrected chi connectivity index (χ3v) is 5.28. The predicted molar refractivity (Wildman–Crippen MR) is 102 cm³/mol. The van der Waals surface area contributed by atoms with Gasteiger partial charge in [0.15, 0.2) is 0 Å². The molecule has 1 aliphatic heterocycles. The Morgan fingerprint density at radius 1 is 1.12 bits per heavy atom. The van der Waals surface area contributed by atoms with Gasteiger partial charge in [-0.2, -0.15) is 0 Å². The summed E-state index contributed by atoms with van der Waals surface area (Å²) in [6, 6.07) is 18.0. The quantitative estimate of drug-likeness (QED) is 0.763. The number of carbonyl (C=O) groups is 1. The summed E-state index contributed by atoms with van der Waals surface area (Å²) < 4.78 is 5.20. The van der Waals surface area contributed by atoms with E-state index in [1.807, 2.05) is 53.6 Å². The molecule has 0 bridgehead atoms. The molecule has 124 valence electrons. The van der Waals surface area contributed by atoms with Crippen molar-refractivity contribution in [2.75, 3.05) is 18.3 Å². The molecule has 0 radical (unpaired) electrons. The maximum absolute atomic E-state index is 12.6. The van der Waals surface area contributed by atoms with E-state index in [9.17, 15) is 4.79 Å². The molecule has 0 aliphatic carbocycles. The first-order chi connectivity index (χ1) is 11.7. The summed E-state index contributed by atoms with van der Waals surface area (Å²) in [6.45, 7) is 2.10. The first-order valence-electron chi connectivity index (χ1n) is 7.89. The summed E-state index contributed by atoms with van der Waals surface area (Å²) in [4.78, 5) is 14.4. The fourth-order valence-corrected chi connectivity index (χ4v) is 3.97. The van der Waals surface area contributed by atoms with Crippen molar-refractivity contribution in [3.8, 4) is 5.75 Å². The highest BCUT2D eigenvalue weighted by atomic mass is 32.2. The van der Waals surface area contributed by atoms with Crippen LogP contribution in [-0.2, 0) is 4.79 Å². The molecule has 1 saturated heterocycles. The Labute approximate surface area is 147 Å². The highest BCUT2D eigenvalue weighted by Crippen LogP contribution is 2.39. The largest absolute Gasteiger partial charge is 0.497 e. The van der Waals surface area contributed by atoms with Crippen molar-refractivity contribution in [2.24, 2.45) is 0 Å². The number of ether oxygens (including phenoxy) is 1. The molecule has 0 N–H and O–H groups in total. The van der Waals surface area contributed by atoms with Crippen molar-refractivity contribution in [3.63, 3.8) is 0 Å². The summed E-state index contributed by atoms with van der Waals surface area (Å²) in [5, 5.41) is -0.0212. The molecule has 3 rings (SSSR count). The van der Waals surface area contributed by atoms with Gasteiger partial charge in [-0.1, -0.05) is 36.4 Å². The minimum absolute atomic E-state index is 0.0212. The maximum atomic E-state index is 12.6. The van der Waals surface area contributed by atoms with Crippen LogP contribution in [0.4, 0.5) is 5.69 Å². The van der Waals surface area contributed by atoms with Gasteiger partial charge in [-0.15, -0.1) is 11.8 Å². The zero-order chi connectivity index (χ0) is 17.1. The van der Waals surface area contributed by atoms with E-state index in [0.717, 1.165) is 17.0 Å². The highest BCUT2D eigenvalue weighted by Gasteiger charge is 2.48. The molecule has 2 aromatic rings. The smallest absolute Gasteiger partial charge is 0.243 e. The number of hydrogen-bond acceptors (Lipinski definition) is 3. The molecule has 3 nitrogen and oxygen atoms in total. The molecule has 1 fully saturated rings. The average molecular weight is 339 g/mol. The van der Waals surface area contributed by atoms with Crippen LogP contribution in [0, 0.1) is 0 Å². The van der Waals surface area contributed by atoms with Gasteiger partial charge in [0.05, 0.1) is 13.2 Å². The number of amides is 1. The number of β-lactam (4-membered cyclic amide) rings is 1. The first kappa shape index (κ1) is 16.7. The lowest BCUT2D eigenvalue weighted by molar-refractivity contribution is -0.122. The second-order valence-corrected chi connectivity index (χ2v) is 6.79. The summed E-state index contributed by atoms with van der Waals surface area (Å²) in [5.41, 5.74) is 3.26. The molecule has 1 heterocycles. The molecule has 0 aromatic heterocycles. The van der Waals surface area contributed by atoms with Crippen LogP contribution in [0.25, 0.3) is 6.08 Å². The topological polar surface area (TPSA) is 29.5 Å². The second-order valence-electron chi connectivity index (χ2n) is 5.81. The Balaban J connectivity index is 1.90. The van der Waals surface area contributed by atoms with Gasteiger partial charge in [0, 0.05) is 5.69 Å². The van der Waals surface area contributed by atoms with Gasteiger partial charge in [0.25, 0.3) is 0 Å². The molecule has 0 saturated carbocycles. The minimum Gasteiger partial charge on any atom is -0.497 e. The average Bonchev–Trinajstić information content (AvgIpc) is 2.61.